The van der Waals surface area contributed by atoms with E-state index in [1.807, 2.05) is 124 Å². The maximum absolute atomic E-state index is 12.1. The van der Waals surface area contributed by atoms with Crippen molar-refractivity contribution < 1.29 is 57.3 Å². The molecule has 0 radical (unpaired) electrons. The molecule has 5 N–H and O–H groups in total. The molecule has 0 aliphatic rings. The Morgan fingerprint density at radius 1 is 0.390 bits per heavy atom. The van der Waals surface area contributed by atoms with E-state index < -0.39 is 0 Å². The molecule has 0 heterocycles. The molecule has 0 aliphatic carbocycles. The van der Waals surface area contributed by atoms with Crippen LogP contribution in [0.3, 0.4) is 0 Å². The normalized spacial score (nSPS) is 11.2. The lowest BCUT2D eigenvalue weighted by molar-refractivity contribution is -0.118. The number of thioether (sulfide) groups is 1. The Balaban J connectivity index is -0.000000363. The Kier molecular flexibility index (Phi) is 99.8. The van der Waals surface area contributed by atoms with Gasteiger partial charge in [0.25, 0.3) is 0 Å². The zero-order valence-electron chi connectivity index (χ0n) is 94.6. The lowest BCUT2D eigenvalue weighted by Gasteiger charge is -2.29. The third kappa shape index (κ3) is 105. The Morgan fingerprint density at radius 3 is 1.07 bits per heavy atom. The number of methoxy groups -OCH3 is 2. The van der Waals surface area contributed by atoms with Gasteiger partial charge in [0, 0.05) is 171 Å². The van der Waals surface area contributed by atoms with Gasteiger partial charge >= 0.3 is 6.09 Å². The molecule has 5 amide bonds. The smallest absolute Gasteiger partial charge is 0.407 e. The van der Waals surface area contributed by atoms with Crippen LogP contribution in [0.15, 0.2) is 147 Å². The molecule has 812 valence electrons. The minimum atomic E-state index is -0.305. The number of carbonyl (C=O) groups is 8. The number of likely N-dealkylation sites (N-methyl/N-ethyl adjacent to an activating group) is 6. The van der Waals surface area contributed by atoms with E-state index in [9.17, 15) is 38.4 Å². The van der Waals surface area contributed by atoms with Crippen molar-refractivity contribution in [2.45, 2.75) is 137 Å². The number of nitrogens with zero attached hydrogens (tertiary/aromatic N) is 14. The molecule has 2 atom stereocenters. The first kappa shape index (κ1) is 144. The van der Waals surface area contributed by atoms with Gasteiger partial charge in [-0.25, -0.2) is 4.79 Å². The number of hydrogen-bond donors (Lipinski definition) is 5. The molecule has 0 aromatic heterocycles. The maximum Gasteiger partial charge on any atom is 0.407 e. The van der Waals surface area contributed by atoms with Gasteiger partial charge < -0.3 is 114 Å². The predicted molar refractivity (Wildman–Crippen MR) is 599 cm³/mol. The lowest BCUT2D eigenvalue weighted by atomic mass is 10.1. The largest absolute Gasteiger partial charge is 0.450 e. The highest BCUT2D eigenvalue weighted by molar-refractivity contribution is 7.99. The van der Waals surface area contributed by atoms with Gasteiger partial charge in [0.1, 0.15) is 0 Å². The molecule has 4 rings (SSSR count). The number of alkyl carbamates (subject to hydrolysis) is 1. The number of ketones is 3. The summed E-state index contributed by atoms with van der Waals surface area (Å²) >= 11 is 2.03. The number of ether oxygens (including phenoxy) is 4. The van der Waals surface area contributed by atoms with Crippen LogP contribution in [0, 0.1) is 0 Å². The van der Waals surface area contributed by atoms with Crippen LogP contribution in [-0.4, -0.2) is 467 Å². The second-order valence-electron chi connectivity index (χ2n) is 37.2. The second-order valence-corrected chi connectivity index (χ2v) is 38.4. The highest BCUT2D eigenvalue weighted by Gasteiger charge is 2.22. The first-order chi connectivity index (χ1) is 66.6. The number of hydrogen-bond acceptors (Lipinski definition) is 27. The van der Waals surface area contributed by atoms with E-state index in [0.29, 0.717) is 61.2 Å². The predicted octanol–water partition coefficient (Wildman–Crippen LogP) is 12.9. The average molecular weight is 2000 g/mol. The summed E-state index contributed by atoms with van der Waals surface area (Å²) in [6, 6.07) is 35.4. The Hall–Kier alpha value is -8.07. The number of rotatable bonds is 62. The van der Waals surface area contributed by atoms with Crippen LogP contribution in [0.4, 0.5) is 16.2 Å². The lowest BCUT2D eigenvalue weighted by Crippen LogP contribution is -2.43. The fourth-order valence-corrected chi connectivity index (χ4v) is 12.8. The van der Waals surface area contributed by atoms with Gasteiger partial charge in [-0.2, -0.15) is 11.8 Å². The minimum absolute atomic E-state index is 0.0201. The molecule has 0 saturated carbocycles. The summed E-state index contributed by atoms with van der Waals surface area (Å²) in [5, 5.41) is 13.6. The molecule has 2 unspecified atom stereocenters. The standard InChI is InChI=1S/C18H24N2.C17H26N2O2.C14H20N2O2.C10H24N2O2.C9H20N2O2.C9H18N2O.C8H20N2O.C8H16N2O.C8H20N2S.C8H15NO/c1-19(15-17-9-5-3-6-10-17)13-14-20(2)16-18-11-7-4-8-12-18;1-4-17(21)18-15-11-9-14(10-12-15)16(20)8-7-13-19(5-2)6-3;1-11(17)15-13-8-6-12(7-9-13)14(18)5-4-10-16(2)3;1-11(2)7-9(13-5)10(14-6)8-12(3)4;1-4-8-13-9(12)10-6-5-7-11(2)3;1-8(2)9(12)10-6-5-7-11(3)4;1-9(2)5-7-11-8-6-10(3)4;1-4-8(11)9-6-5-7-10(2)3;1-9(2)5-7-11-8-6-10(3)4;1-4-8(10)6-5-7-9(2)3/h3-12H,13-16H2,1-2H3;9-12H,4-8,13H2,1-3H3,(H,18,21);6-9H,4-5,10H2,1-3H3,(H,15,17);9-10H,7-8H2,1-6H3;4-8H2,1-3H3,(H,10,12);1,5-7H2,2-4H3,(H,10,12);5-8H2,1-4H3;4H,1,5-7H2,2-3H3,(H,9,11);5-8H2,1-4H3;4H,1,5-7H2,2-3H3. The summed E-state index contributed by atoms with van der Waals surface area (Å²) in [5.74, 6) is 2.68. The van der Waals surface area contributed by atoms with Crippen LogP contribution in [0.5, 0.6) is 0 Å². The van der Waals surface area contributed by atoms with Gasteiger partial charge in [-0.1, -0.05) is 108 Å². The zero-order valence-corrected chi connectivity index (χ0v) is 95.4. The highest BCUT2D eigenvalue weighted by atomic mass is 32.2. The van der Waals surface area contributed by atoms with Gasteiger partial charge in [0.05, 0.1) is 32.0 Å². The van der Waals surface area contributed by atoms with Crippen LogP contribution < -0.4 is 26.6 Å². The number of carbonyl (C=O) groups excluding carboxylic acids is 8. The fraction of sp³-hybridized carbons (Fsp3) is 0.651. The second kappa shape index (κ2) is 98.0. The summed E-state index contributed by atoms with van der Waals surface area (Å²) < 4.78 is 21.0. The summed E-state index contributed by atoms with van der Waals surface area (Å²) in [7, 11) is 52.7. The average Bonchev–Trinajstić information content (AvgIpc) is 0.871. The van der Waals surface area contributed by atoms with E-state index in [1.54, 1.807) is 69.7 Å². The molecule has 32 heteroatoms. The van der Waals surface area contributed by atoms with Gasteiger partial charge in [0.15, 0.2) is 17.3 Å². The molecular formula is C109H203N19O12S. The van der Waals surface area contributed by atoms with Crippen molar-refractivity contribution in [1.29, 1.82) is 0 Å². The summed E-state index contributed by atoms with van der Waals surface area (Å²) in [5.41, 5.74) is 6.18. The number of allylic oxidation sites excluding steroid dienone is 1. The van der Waals surface area contributed by atoms with Crippen LogP contribution in [0.25, 0.3) is 0 Å². The molecule has 0 saturated heterocycles. The summed E-state index contributed by atoms with van der Waals surface area (Å²) in [4.78, 5) is 120. The van der Waals surface area contributed by atoms with E-state index >= 15 is 0 Å². The van der Waals surface area contributed by atoms with E-state index in [-0.39, 0.29) is 59.3 Å². The van der Waals surface area contributed by atoms with E-state index in [4.69, 9.17) is 18.9 Å². The number of amides is 5. The topological polar surface area (TPSA) is 279 Å². The van der Waals surface area contributed by atoms with Crippen molar-refractivity contribution >= 4 is 70.2 Å². The van der Waals surface area contributed by atoms with E-state index in [0.717, 1.165) is 182 Å². The van der Waals surface area contributed by atoms with E-state index in [1.165, 1.54) is 54.8 Å². The zero-order chi connectivity index (χ0) is 108. The molecule has 0 fully saturated rings. The number of Topliss-reactive ketones (excluding diaryl/α,β-unsaturated/α-hetero) is 2. The molecular weight excluding hydrogens is 1800 g/mol. The molecule has 4 aromatic carbocycles. The number of benzene rings is 4. The molecule has 4 aromatic rings. The van der Waals surface area contributed by atoms with Gasteiger partial charge in [0.2, 0.25) is 23.6 Å². The van der Waals surface area contributed by atoms with Crippen molar-refractivity contribution in [2.24, 2.45) is 0 Å². The first-order valence-electron chi connectivity index (χ1n) is 49.9. The van der Waals surface area contributed by atoms with Crippen molar-refractivity contribution in [1.82, 2.24) is 84.5 Å². The molecule has 141 heavy (non-hydrogen) atoms. The SMILES string of the molecule is C=C(C)C(=O)NCCCN(C)C.C=CC(=O)CCCN(C)C.C=CC(=O)NCCCN(C)C.CC(=O)Nc1ccc(C(=O)CCCN(C)C)cc1.CCC(=O)Nc1ccc(C(=O)CCCN(CC)CC)cc1.CCCOC(=O)NCCCN(C)C.CN(C)CCOCCN(C)C.CN(C)CCSCCN(C)C.CN(CCN(C)Cc1ccccc1)Cc1ccccc1.COC(CN(C)C)C(CN(C)C)OC. The Bertz CT molecular complexity index is 3570. The number of anilines is 2. The van der Waals surface area contributed by atoms with Crippen molar-refractivity contribution in [2.75, 3.05) is 350 Å². The molecule has 0 aliphatic heterocycles. The highest BCUT2D eigenvalue weighted by Crippen LogP contribution is 2.16. The third-order valence-corrected chi connectivity index (χ3v) is 20.8. The summed E-state index contributed by atoms with van der Waals surface area (Å²) in [6.07, 6.45) is 11.3. The van der Waals surface area contributed by atoms with Crippen LogP contribution in [0.1, 0.15) is 144 Å². The fourth-order valence-electron chi connectivity index (χ4n) is 11.6. The quantitative estimate of drug-likeness (QED) is 0.0156. The monoisotopic (exact) mass is 2000 g/mol. The maximum atomic E-state index is 12.1. The van der Waals surface area contributed by atoms with Crippen LogP contribution >= 0.6 is 11.8 Å². The van der Waals surface area contributed by atoms with Gasteiger partial charge in [-0.15, -0.1) is 0 Å². The first-order valence-corrected chi connectivity index (χ1v) is 51.0. The van der Waals surface area contributed by atoms with Gasteiger partial charge in [-0.05, 0) is 345 Å². The van der Waals surface area contributed by atoms with Crippen molar-refractivity contribution in [3.63, 3.8) is 0 Å². The Morgan fingerprint density at radius 2 is 0.745 bits per heavy atom. The third-order valence-electron chi connectivity index (χ3n) is 19.9. The molecule has 0 spiro atoms. The van der Waals surface area contributed by atoms with Crippen molar-refractivity contribution in [3.8, 4) is 0 Å². The van der Waals surface area contributed by atoms with Gasteiger partial charge in [-0.3, -0.25) is 33.6 Å². The molecule has 0 bridgehead atoms. The van der Waals surface area contributed by atoms with Crippen LogP contribution in [-0.2, 0) is 56.0 Å². The Labute approximate surface area is 863 Å². The van der Waals surface area contributed by atoms with Crippen molar-refractivity contribution in [3.05, 3.63) is 169 Å². The van der Waals surface area contributed by atoms with Crippen LogP contribution in [0.2, 0.25) is 0 Å². The summed E-state index contributed by atoms with van der Waals surface area (Å²) in [6.45, 7) is 44.0. The van der Waals surface area contributed by atoms with E-state index in [2.05, 4.69) is 260 Å². The number of nitrogens with one attached hydrogen (secondary N) is 5. The minimum Gasteiger partial charge on any atom is -0.450 e. The molecule has 31 nitrogen and oxygen atoms in total.